The highest BCUT2D eigenvalue weighted by Gasteiger charge is 2.33. The second kappa shape index (κ2) is 14.3. The van der Waals surface area contributed by atoms with Crippen LogP contribution in [0.15, 0.2) is 54.6 Å². The van der Waals surface area contributed by atoms with Gasteiger partial charge in [0.1, 0.15) is 11.6 Å². The number of carbonyl (C=O) groups excluding carboxylic acids is 3. The van der Waals surface area contributed by atoms with Gasteiger partial charge in [-0.2, -0.15) is 5.26 Å². The highest BCUT2D eigenvalue weighted by molar-refractivity contribution is 5.98. The first kappa shape index (κ1) is 29.7. The smallest absolute Gasteiger partial charge is 0.408 e. The molecule has 0 unspecified atom stereocenters. The lowest BCUT2D eigenvalue weighted by molar-refractivity contribution is -0.131. The minimum absolute atomic E-state index is 0.166. The Balaban J connectivity index is 1.79. The van der Waals surface area contributed by atoms with Crippen molar-refractivity contribution in [3.8, 4) is 6.07 Å². The Morgan fingerprint density at radius 1 is 1.00 bits per heavy atom. The van der Waals surface area contributed by atoms with E-state index in [1.807, 2.05) is 30.3 Å². The number of hydrogen-bond acceptors (Lipinski definition) is 5. The number of carbonyl (C=O) groups is 3. The van der Waals surface area contributed by atoms with E-state index in [1.165, 1.54) is 11.3 Å². The number of amides is 4. The van der Waals surface area contributed by atoms with Crippen LogP contribution < -0.4 is 10.6 Å². The Morgan fingerprint density at radius 2 is 1.67 bits per heavy atom. The summed E-state index contributed by atoms with van der Waals surface area (Å²) in [5.74, 6) is -0.153. The lowest BCUT2D eigenvalue weighted by atomic mass is 9.84. The van der Waals surface area contributed by atoms with E-state index >= 15 is 0 Å². The molecule has 2 aromatic carbocycles. The monoisotopic (exact) mass is 532 g/mol. The van der Waals surface area contributed by atoms with E-state index in [9.17, 15) is 14.4 Å². The Morgan fingerprint density at radius 3 is 2.28 bits per heavy atom. The Labute approximate surface area is 231 Å². The average molecular weight is 533 g/mol. The summed E-state index contributed by atoms with van der Waals surface area (Å²) in [7, 11) is 0. The molecule has 0 heterocycles. The molecule has 4 amide bonds. The van der Waals surface area contributed by atoms with Gasteiger partial charge < -0.3 is 15.4 Å². The van der Waals surface area contributed by atoms with E-state index < -0.39 is 29.7 Å². The van der Waals surface area contributed by atoms with Gasteiger partial charge in [0, 0.05) is 13.1 Å². The first-order chi connectivity index (χ1) is 18.6. The lowest BCUT2D eigenvalue weighted by Gasteiger charge is -2.31. The maximum atomic E-state index is 13.9. The molecule has 0 bridgehead atoms. The van der Waals surface area contributed by atoms with Gasteiger partial charge >= 0.3 is 12.1 Å². The van der Waals surface area contributed by atoms with E-state index in [-0.39, 0.29) is 13.1 Å². The number of alkyl carbamates (subject to hydrolysis) is 1. The summed E-state index contributed by atoms with van der Waals surface area (Å²) in [6.07, 6.45) is 5.64. The first-order valence-corrected chi connectivity index (χ1v) is 13.8. The van der Waals surface area contributed by atoms with Gasteiger partial charge in [-0.1, -0.05) is 74.6 Å². The van der Waals surface area contributed by atoms with Gasteiger partial charge in [-0.15, -0.1) is 0 Å². The summed E-state index contributed by atoms with van der Waals surface area (Å²) < 4.78 is 5.46. The van der Waals surface area contributed by atoms with Crippen LogP contribution in [0.5, 0.6) is 0 Å². The number of ether oxygens (including phenoxy) is 1. The second-order valence-corrected chi connectivity index (χ2v) is 11.1. The standard InChI is InChI=1S/C31H40N4O4/c1-31(2,3)39-30(38)34-27(20-24-12-8-5-9-13-24)28(36)35(19-18-23-10-6-4-7-11-23)29(37)33-22-26-16-14-25(21-32)15-17-26/h4,6-7,10-11,14-17,24,27H,5,8-9,12-13,18-20,22H2,1-3H3,(H,33,37)(H,34,38)/t27-/m1/s1. The molecule has 8 heteroatoms. The number of nitriles is 1. The van der Waals surface area contributed by atoms with E-state index in [4.69, 9.17) is 10.00 Å². The molecule has 1 aliphatic carbocycles. The van der Waals surface area contributed by atoms with Crippen molar-refractivity contribution >= 4 is 18.0 Å². The molecule has 1 atom stereocenters. The number of hydrogen-bond donors (Lipinski definition) is 2. The molecule has 2 N–H and O–H groups in total. The predicted octanol–water partition coefficient (Wildman–Crippen LogP) is 5.70. The molecular formula is C31H40N4O4. The van der Waals surface area contributed by atoms with Crippen LogP contribution >= 0.6 is 0 Å². The molecule has 8 nitrogen and oxygen atoms in total. The molecule has 1 fully saturated rings. The molecule has 0 spiro atoms. The molecule has 1 saturated carbocycles. The third-order valence-corrected chi connectivity index (χ3v) is 6.79. The van der Waals surface area contributed by atoms with Gasteiger partial charge in [0.15, 0.2) is 0 Å². The fraction of sp³-hybridized carbons (Fsp3) is 0.484. The van der Waals surface area contributed by atoms with E-state index in [2.05, 4.69) is 16.7 Å². The van der Waals surface area contributed by atoms with Crippen LogP contribution in [0.25, 0.3) is 0 Å². The van der Waals surface area contributed by atoms with Crippen molar-refractivity contribution in [3.63, 3.8) is 0 Å². The van der Waals surface area contributed by atoms with E-state index in [0.29, 0.717) is 24.3 Å². The predicted molar refractivity (Wildman–Crippen MR) is 150 cm³/mol. The second-order valence-electron chi connectivity index (χ2n) is 11.1. The van der Waals surface area contributed by atoms with Crippen molar-refractivity contribution in [3.05, 3.63) is 71.3 Å². The molecular weight excluding hydrogens is 492 g/mol. The third kappa shape index (κ3) is 10.1. The zero-order valence-corrected chi connectivity index (χ0v) is 23.2. The molecule has 39 heavy (non-hydrogen) atoms. The van der Waals surface area contributed by atoms with Gasteiger partial charge in [0.25, 0.3) is 5.91 Å². The zero-order chi connectivity index (χ0) is 28.3. The number of urea groups is 1. The molecule has 3 rings (SSSR count). The molecule has 0 radical (unpaired) electrons. The van der Waals surface area contributed by atoms with E-state index in [1.54, 1.807) is 45.0 Å². The van der Waals surface area contributed by atoms with Crippen LogP contribution in [0.3, 0.4) is 0 Å². The van der Waals surface area contributed by atoms with Crippen LogP contribution in [-0.2, 0) is 22.5 Å². The molecule has 1 aliphatic rings. The molecule has 0 saturated heterocycles. The van der Waals surface area contributed by atoms with Gasteiger partial charge in [-0.25, -0.2) is 9.59 Å². The topological polar surface area (TPSA) is 112 Å². The lowest BCUT2D eigenvalue weighted by Crippen LogP contribution is -2.54. The van der Waals surface area contributed by atoms with E-state index in [0.717, 1.165) is 36.8 Å². The summed E-state index contributed by atoms with van der Waals surface area (Å²) in [5.41, 5.74) is 1.62. The highest BCUT2D eigenvalue weighted by atomic mass is 16.6. The summed E-state index contributed by atoms with van der Waals surface area (Å²) >= 11 is 0. The largest absolute Gasteiger partial charge is 0.444 e. The minimum Gasteiger partial charge on any atom is -0.444 e. The van der Waals surface area contributed by atoms with Gasteiger partial charge in [-0.05, 0) is 62.8 Å². The van der Waals surface area contributed by atoms with Crippen molar-refractivity contribution in [2.45, 2.75) is 83.9 Å². The summed E-state index contributed by atoms with van der Waals surface area (Å²) in [6.45, 7) is 5.68. The van der Waals surface area contributed by atoms with Gasteiger partial charge in [0.05, 0.1) is 11.6 Å². The number of imide groups is 1. The summed E-state index contributed by atoms with van der Waals surface area (Å²) in [5, 5.41) is 14.6. The zero-order valence-electron chi connectivity index (χ0n) is 23.2. The fourth-order valence-corrected chi connectivity index (χ4v) is 4.78. The molecule has 208 valence electrons. The average Bonchev–Trinajstić information content (AvgIpc) is 2.92. The molecule has 0 aromatic heterocycles. The van der Waals surface area contributed by atoms with Gasteiger partial charge in [0.2, 0.25) is 0 Å². The first-order valence-electron chi connectivity index (χ1n) is 13.8. The Hall–Kier alpha value is -3.86. The van der Waals surface area contributed by atoms with Crippen molar-refractivity contribution in [2.75, 3.05) is 6.54 Å². The third-order valence-electron chi connectivity index (χ3n) is 6.79. The summed E-state index contributed by atoms with van der Waals surface area (Å²) in [6, 6.07) is 17.2. The van der Waals surface area contributed by atoms with Crippen LogP contribution in [0.2, 0.25) is 0 Å². The van der Waals surface area contributed by atoms with Crippen LogP contribution in [0, 0.1) is 17.2 Å². The highest BCUT2D eigenvalue weighted by Crippen LogP contribution is 2.28. The maximum absolute atomic E-state index is 13.9. The normalized spacial score (nSPS) is 14.5. The van der Waals surface area contributed by atoms with Crippen LogP contribution in [-0.4, -0.2) is 41.1 Å². The Kier molecular flexibility index (Phi) is 10.9. The quantitative estimate of drug-likeness (QED) is 0.430. The molecule has 0 aliphatic heterocycles. The van der Waals surface area contributed by atoms with Crippen LogP contribution in [0.1, 0.15) is 76.0 Å². The number of nitrogens with one attached hydrogen (secondary N) is 2. The maximum Gasteiger partial charge on any atom is 0.408 e. The van der Waals surface area contributed by atoms with Gasteiger partial charge in [-0.3, -0.25) is 9.69 Å². The van der Waals surface area contributed by atoms with Crippen molar-refractivity contribution in [1.29, 1.82) is 5.26 Å². The number of benzene rings is 2. The van der Waals surface area contributed by atoms with Crippen LogP contribution in [0.4, 0.5) is 9.59 Å². The van der Waals surface area contributed by atoms with Crippen molar-refractivity contribution < 1.29 is 19.1 Å². The number of rotatable bonds is 9. The SMILES string of the molecule is CC(C)(C)OC(=O)N[C@H](CC1CCCCC1)C(=O)N(CCc1ccccc1)C(=O)NCc1ccc(C#N)cc1. The van der Waals surface area contributed by atoms with Crippen molar-refractivity contribution in [2.24, 2.45) is 5.92 Å². The minimum atomic E-state index is -0.876. The number of nitrogens with zero attached hydrogens (tertiary/aromatic N) is 2. The molecule has 2 aromatic rings. The Bertz CT molecular complexity index is 1130. The fourth-order valence-electron chi connectivity index (χ4n) is 4.78. The summed E-state index contributed by atoms with van der Waals surface area (Å²) in [4.78, 5) is 41.3. The van der Waals surface area contributed by atoms with Crippen molar-refractivity contribution in [1.82, 2.24) is 15.5 Å².